The topological polar surface area (TPSA) is 232 Å². The number of benzene rings is 4. The summed E-state index contributed by atoms with van der Waals surface area (Å²) in [7, 11) is 0. The first-order chi connectivity index (χ1) is 38.1. The number of halogens is 3. The summed E-state index contributed by atoms with van der Waals surface area (Å²) >= 11 is 3.41. The van der Waals surface area contributed by atoms with Crippen LogP contribution in [0.5, 0.6) is 0 Å². The molecule has 2 fully saturated rings. The Hall–Kier alpha value is -8.72. The largest absolute Gasteiger partial charge is 0.396 e. The molecule has 2 aliphatic heterocycles. The third-order valence-electron chi connectivity index (χ3n) is 13.4. The summed E-state index contributed by atoms with van der Waals surface area (Å²) < 4.78 is 32.9. The molecule has 0 aliphatic carbocycles. The molecule has 5 N–H and O–H groups in total. The second kappa shape index (κ2) is 26.6. The Morgan fingerprint density at radius 1 is 0.595 bits per heavy atom. The van der Waals surface area contributed by atoms with Crippen molar-refractivity contribution in [3.8, 4) is 0 Å². The van der Waals surface area contributed by atoms with Crippen LogP contribution < -0.4 is 21.7 Å². The highest BCUT2D eigenvalue weighted by Crippen LogP contribution is 2.30. The van der Waals surface area contributed by atoms with Crippen LogP contribution in [-0.4, -0.2) is 125 Å². The van der Waals surface area contributed by atoms with E-state index in [4.69, 9.17) is 5.73 Å². The van der Waals surface area contributed by atoms with Crippen LogP contribution in [-0.2, 0) is 45.1 Å². The fourth-order valence-corrected chi connectivity index (χ4v) is 9.94. The van der Waals surface area contributed by atoms with Crippen LogP contribution in [0.2, 0.25) is 0 Å². The molecular weight excluding hydrogens is 1080 g/mol. The predicted molar refractivity (Wildman–Crippen MR) is 300 cm³/mol. The van der Waals surface area contributed by atoms with Gasteiger partial charge in [-0.25, -0.2) is 28.7 Å². The lowest BCUT2D eigenvalue weighted by molar-refractivity contribution is -0.138. The molecule has 79 heavy (non-hydrogen) atoms. The number of Topliss-reactive ketones (excluding diaryl/α,β-unsaturated/α-hetero) is 2. The zero-order valence-electron chi connectivity index (χ0n) is 43.5. The van der Waals surface area contributed by atoms with Gasteiger partial charge in [0.2, 0.25) is 23.6 Å². The van der Waals surface area contributed by atoms with Gasteiger partial charge in [-0.2, -0.15) is 0 Å². The molecule has 4 aromatic heterocycles. The van der Waals surface area contributed by atoms with Crippen molar-refractivity contribution in [2.75, 3.05) is 37.2 Å². The third-order valence-corrected chi connectivity index (χ3v) is 13.9. The first kappa shape index (κ1) is 56.5. The van der Waals surface area contributed by atoms with Crippen molar-refractivity contribution in [3.63, 3.8) is 0 Å². The van der Waals surface area contributed by atoms with E-state index in [1.165, 1.54) is 36.3 Å². The average molecular weight is 1140 g/mol. The van der Waals surface area contributed by atoms with E-state index in [9.17, 15) is 37.5 Å². The lowest BCUT2D eigenvalue weighted by Gasteiger charge is -2.24. The smallest absolute Gasteiger partial charge is 0.243 e. The van der Waals surface area contributed by atoms with Gasteiger partial charge in [-0.3, -0.25) is 28.8 Å². The molecule has 0 saturated carbocycles. The average Bonchev–Trinajstić information content (AvgIpc) is 4.38. The minimum absolute atomic E-state index is 0.0129. The molecule has 4 atom stereocenters. The molecule has 2 aliphatic rings. The Morgan fingerprint density at radius 3 is 1.48 bits per heavy atom. The molecular formula is C58H59BrF2N12O6. The number of rotatable bonds is 16. The van der Waals surface area contributed by atoms with Gasteiger partial charge in [-0.15, -0.1) is 0 Å². The van der Waals surface area contributed by atoms with Crippen molar-refractivity contribution in [2.24, 2.45) is 0 Å². The minimum Gasteiger partial charge on any atom is -0.396 e. The maximum atomic E-state index is 14.4. The molecule has 18 nitrogen and oxygen atoms in total. The number of likely N-dealkylation sites (tertiary alicyclic amines) is 2. The number of carbonyl (C=O) groups is 6. The van der Waals surface area contributed by atoms with Crippen LogP contribution in [0.3, 0.4) is 0 Å². The molecule has 10 rings (SSSR count). The summed E-state index contributed by atoms with van der Waals surface area (Å²) in [6.07, 6.45) is 11.3. The van der Waals surface area contributed by atoms with Gasteiger partial charge < -0.3 is 40.6 Å². The van der Waals surface area contributed by atoms with E-state index in [0.29, 0.717) is 59.3 Å². The van der Waals surface area contributed by atoms with Crippen molar-refractivity contribution in [1.29, 1.82) is 0 Å². The predicted octanol–water partition coefficient (Wildman–Crippen LogP) is 7.64. The van der Waals surface area contributed by atoms with E-state index in [2.05, 4.69) is 51.8 Å². The first-order valence-electron chi connectivity index (χ1n) is 25.6. The van der Waals surface area contributed by atoms with E-state index in [0.717, 1.165) is 32.2 Å². The first-order valence-corrected chi connectivity index (χ1v) is 26.4. The van der Waals surface area contributed by atoms with Gasteiger partial charge in [0, 0.05) is 81.4 Å². The number of aromatic nitrogens is 6. The van der Waals surface area contributed by atoms with Gasteiger partial charge in [0.15, 0.2) is 11.6 Å². The van der Waals surface area contributed by atoms with Crippen molar-refractivity contribution in [2.45, 2.75) is 77.0 Å². The van der Waals surface area contributed by atoms with Gasteiger partial charge in [0.1, 0.15) is 50.2 Å². The molecule has 408 valence electrons. The number of nitrogen functional groups attached to an aromatic ring is 1. The summed E-state index contributed by atoms with van der Waals surface area (Å²) in [6.45, 7) is 3.31. The molecule has 0 spiro atoms. The third kappa shape index (κ3) is 14.9. The van der Waals surface area contributed by atoms with Crippen LogP contribution in [0, 0.1) is 0 Å². The van der Waals surface area contributed by atoms with Crippen LogP contribution in [0.4, 0.5) is 25.8 Å². The molecule has 0 radical (unpaired) electrons. The highest BCUT2D eigenvalue weighted by atomic mass is 79.9. The van der Waals surface area contributed by atoms with Crippen LogP contribution in [0.1, 0.15) is 58.5 Å². The Balaban J connectivity index is 0.000000187. The van der Waals surface area contributed by atoms with E-state index in [1.807, 2.05) is 97.1 Å². The Kier molecular flexibility index (Phi) is 19.0. The number of nitrogens with two attached hydrogens (primary N) is 1. The van der Waals surface area contributed by atoms with Gasteiger partial charge >= 0.3 is 0 Å². The number of amides is 4. The fourth-order valence-electron chi connectivity index (χ4n) is 9.58. The Bertz CT molecular complexity index is 3430. The summed E-state index contributed by atoms with van der Waals surface area (Å²) in [6, 6.07) is 28.7. The molecule has 4 aromatic carbocycles. The Labute approximate surface area is 463 Å². The van der Waals surface area contributed by atoms with Gasteiger partial charge in [-0.1, -0.05) is 76.6 Å². The van der Waals surface area contributed by atoms with Crippen LogP contribution >= 0.6 is 15.9 Å². The number of fused-ring (bicyclic) bond motifs is 2. The van der Waals surface area contributed by atoms with E-state index < -0.39 is 24.4 Å². The molecule has 6 heterocycles. The van der Waals surface area contributed by atoms with E-state index in [-0.39, 0.29) is 74.2 Å². The van der Waals surface area contributed by atoms with Crippen molar-refractivity contribution < 1.29 is 37.5 Å². The van der Waals surface area contributed by atoms with Gasteiger partial charge in [-0.05, 0) is 74.2 Å². The molecule has 0 unspecified atom stereocenters. The zero-order valence-corrected chi connectivity index (χ0v) is 45.1. The number of nitrogens with one attached hydrogen (secondary N) is 3. The summed E-state index contributed by atoms with van der Waals surface area (Å²) in [4.78, 5) is 94.6. The van der Waals surface area contributed by atoms with E-state index >= 15 is 0 Å². The zero-order chi connectivity index (χ0) is 56.0. The lowest BCUT2D eigenvalue weighted by atomic mass is 10.1. The molecule has 8 aromatic rings. The lowest BCUT2D eigenvalue weighted by Crippen LogP contribution is -2.47. The molecule has 21 heteroatoms. The number of anilines is 3. The number of hydrogen-bond acceptors (Lipinski definition) is 12. The Morgan fingerprint density at radius 2 is 1.04 bits per heavy atom. The highest BCUT2D eigenvalue weighted by Gasteiger charge is 2.41. The SMILES string of the molecule is CC(=O)c1cn(CC(=O)N2C[C@H](F)C[C@H]2C(=O)NCCc2ccccc2)c2ccc(Br)cc12.CC(=O)c1cn(CC(=O)N2C[C@H](F)C[C@H]2C(=O)NCCc2ccccc2)c2ccc(Nc3cncnc3)cc12.Nc1cncnc1. The standard InChI is InChI=1S/C29H29FN6O3.C25H25BrFN3O3.C4H5N3/c1-19(37)25-16-35(26-8-7-22(12-24(25)26)34-23-13-31-18-32-14-23)17-28(38)36-15-21(30)11-27(36)29(39)33-10-9-20-5-3-2-4-6-20;1-16(31)21-14-29(22-8-7-18(26)11-20(21)22)15-24(32)30-13-19(27)12-23(30)25(33)28-10-9-17-5-3-2-4-6-17;5-4-1-6-3-7-2-4/h2-8,12-14,16,18,21,27,34H,9-11,15,17H2,1H3,(H,33,39);2-8,11,14,19,23H,9-10,12-13,15H2,1H3,(H,28,33);1-3H,5H2/t21-,27+;19-,23+;/m11./s1. The highest BCUT2D eigenvalue weighted by molar-refractivity contribution is 9.10. The maximum Gasteiger partial charge on any atom is 0.243 e. The molecule has 2 saturated heterocycles. The number of ketones is 2. The summed E-state index contributed by atoms with van der Waals surface area (Å²) in [5, 5.41) is 10.3. The number of hydrogen-bond donors (Lipinski definition) is 4. The van der Waals surface area contributed by atoms with E-state index in [1.54, 1.807) is 46.3 Å². The van der Waals surface area contributed by atoms with Gasteiger partial charge in [0.25, 0.3) is 0 Å². The molecule has 0 bridgehead atoms. The maximum absolute atomic E-state index is 14.4. The van der Waals surface area contributed by atoms with Crippen LogP contribution in [0.15, 0.2) is 151 Å². The second-order valence-corrected chi connectivity index (χ2v) is 20.0. The summed E-state index contributed by atoms with van der Waals surface area (Å²) in [5.41, 5.74) is 11.8. The van der Waals surface area contributed by atoms with Gasteiger partial charge in [0.05, 0.1) is 49.3 Å². The quantitative estimate of drug-likeness (QED) is 0.0684. The van der Waals surface area contributed by atoms with Crippen molar-refractivity contribution >= 4 is 90.0 Å². The number of carbonyl (C=O) groups excluding carboxylic acids is 6. The van der Waals surface area contributed by atoms with Crippen molar-refractivity contribution in [3.05, 3.63) is 174 Å². The van der Waals surface area contributed by atoms with Crippen molar-refractivity contribution in [1.82, 2.24) is 49.5 Å². The minimum atomic E-state index is -1.27. The summed E-state index contributed by atoms with van der Waals surface area (Å²) in [5.74, 6) is -1.69. The number of nitrogens with zero attached hydrogens (tertiary/aromatic N) is 8. The number of alkyl halides is 2. The fraction of sp³-hybridized carbons (Fsp3) is 0.276. The monoisotopic (exact) mass is 1140 g/mol. The molecule has 4 amide bonds. The normalized spacial score (nSPS) is 16.6. The second-order valence-electron chi connectivity index (χ2n) is 19.1. The van der Waals surface area contributed by atoms with Crippen LogP contribution in [0.25, 0.3) is 21.8 Å².